The Hall–Kier alpha value is -2.09. The Morgan fingerprint density at radius 1 is 1.47 bits per heavy atom. The second kappa shape index (κ2) is 6.74. The third-order valence-electron chi connectivity index (χ3n) is 2.14. The van der Waals surface area contributed by atoms with Gasteiger partial charge in [-0.2, -0.15) is 0 Å². The third-order valence-corrected chi connectivity index (χ3v) is 3.30. The lowest BCUT2D eigenvalue weighted by atomic mass is 10.3. The SMILES string of the molecule is CC(=O)N[C@H](CSc1ccccc1[N+](=O)[O-])C(=O)O. The molecule has 1 aromatic rings. The highest BCUT2D eigenvalue weighted by Crippen LogP contribution is 2.28. The molecule has 0 aliphatic heterocycles. The minimum absolute atomic E-state index is 0.0137. The van der Waals surface area contributed by atoms with Gasteiger partial charge in [0.05, 0.1) is 9.82 Å². The second-order valence-corrected chi connectivity index (χ2v) is 4.69. The van der Waals surface area contributed by atoms with Gasteiger partial charge in [-0.05, 0) is 6.07 Å². The molecule has 0 fully saturated rings. The maximum atomic E-state index is 10.9. The molecule has 2 N–H and O–H groups in total. The van der Waals surface area contributed by atoms with Gasteiger partial charge in [0.2, 0.25) is 5.91 Å². The van der Waals surface area contributed by atoms with Gasteiger partial charge in [0.15, 0.2) is 0 Å². The van der Waals surface area contributed by atoms with Gasteiger partial charge in [-0.15, -0.1) is 11.8 Å². The lowest BCUT2D eigenvalue weighted by Crippen LogP contribution is -2.41. The van der Waals surface area contributed by atoms with Gasteiger partial charge in [-0.25, -0.2) is 4.79 Å². The van der Waals surface area contributed by atoms with Gasteiger partial charge in [-0.3, -0.25) is 14.9 Å². The molecule has 0 aliphatic rings. The fourth-order valence-corrected chi connectivity index (χ4v) is 2.36. The number of carboxylic acids is 1. The Morgan fingerprint density at radius 2 is 2.11 bits per heavy atom. The minimum Gasteiger partial charge on any atom is -0.480 e. The van der Waals surface area contributed by atoms with Crippen LogP contribution in [0.1, 0.15) is 6.92 Å². The van der Waals surface area contributed by atoms with Gasteiger partial charge in [0.1, 0.15) is 6.04 Å². The molecule has 0 radical (unpaired) electrons. The van der Waals surface area contributed by atoms with E-state index < -0.39 is 22.8 Å². The first-order chi connectivity index (χ1) is 8.91. The number of carboxylic acid groups (broad SMARTS) is 1. The molecular weight excluding hydrogens is 272 g/mol. The Kier molecular flexibility index (Phi) is 5.31. The Labute approximate surface area is 113 Å². The summed E-state index contributed by atoms with van der Waals surface area (Å²) in [6.07, 6.45) is 0. The number of carbonyl (C=O) groups is 2. The molecule has 0 aromatic heterocycles. The number of thioether (sulfide) groups is 1. The number of rotatable bonds is 6. The first-order valence-electron chi connectivity index (χ1n) is 5.28. The van der Waals surface area contributed by atoms with E-state index in [0.29, 0.717) is 4.90 Å². The van der Waals surface area contributed by atoms with Crippen molar-refractivity contribution < 1.29 is 19.6 Å². The highest BCUT2D eigenvalue weighted by atomic mass is 32.2. The van der Waals surface area contributed by atoms with E-state index in [1.807, 2.05) is 0 Å². The van der Waals surface area contributed by atoms with Crippen molar-refractivity contribution in [3.05, 3.63) is 34.4 Å². The van der Waals surface area contributed by atoms with Crippen LogP contribution in [0.25, 0.3) is 0 Å². The summed E-state index contributed by atoms with van der Waals surface area (Å²) in [5.74, 6) is -1.63. The highest BCUT2D eigenvalue weighted by molar-refractivity contribution is 7.99. The van der Waals surface area contributed by atoms with Crippen LogP contribution in [0, 0.1) is 10.1 Å². The molecular formula is C11H12N2O5S. The van der Waals surface area contributed by atoms with Crippen molar-refractivity contribution >= 4 is 29.3 Å². The topological polar surface area (TPSA) is 110 Å². The molecule has 7 nitrogen and oxygen atoms in total. The van der Waals surface area contributed by atoms with E-state index in [4.69, 9.17) is 5.11 Å². The zero-order valence-electron chi connectivity index (χ0n) is 10.0. The fraction of sp³-hybridized carbons (Fsp3) is 0.273. The molecule has 19 heavy (non-hydrogen) atoms. The molecule has 0 bridgehead atoms. The normalized spacial score (nSPS) is 11.6. The molecule has 1 atom stereocenters. The molecule has 1 amide bonds. The molecule has 0 aliphatic carbocycles. The average Bonchev–Trinajstić information content (AvgIpc) is 2.34. The van der Waals surface area contributed by atoms with Crippen LogP contribution in [0.2, 0.25) is 0 Å². The van der Waals surface area contributed by atoms with Crippen LogP contribution in [-0.2, 0) is 9.59 Å². The van der Waals surface area contributed by atoms with Crippen molar-refractivity contribution in [1.82, 2.24) is 5.32 Å². The summed E-state index contributed by atoms with van der Waals surface area (Å²) < 4.78 is 0. The number of amides is 1. The number of nitro groups is 1. The zero-order valence-corrected chi connectivity index (χ0v) is 10.8. The number of nitrogens with one attached hydrogen (secondary N) is 1. The van der Waals surface area contributed by atoms with Gasteiger partial charge < -0.3 is 10.4 Å². The van der Waals surface area contributed by atoms with E-state index in [9.17, 15) is 19.7 Å². The van der Waals surface area contributed by atoms with Gasteiger partial charge >= 0.3 is 5.97 Å². The molecule has 0 saturated heterocycles. The summed E-state index contributed by atoms with van der Waals surface area (Å²) in [6, 6.07) is 4.96. The highest BCUT2D eigenvalue weighted by Gasteiger charge is 2.21. The van der Waals surface area contributed by atoms with Crippen molar-refractivity contribution in [1.29, 1.82) is 0 Å². The summed E-state index contributed by atoms with van der Waals surface area (Å²) in [5, 5.41) is 22.0. The van der Waals surface area contributed by atoms with Crippen molar-refractivity contribution in [3.8, 4) is 0 Å². The van der Waals surface area contributed by atoms with Crippen LogP contribution in [0.4, 0.5) is 5.69 Å². The van der Waals surface area contributed by atoms with Crippen LogP contribution in [0.15, 0.2) is 29.2 Å². The predicted octanol–water partition coefficient (Wildman–Crippen LogP) is 1.28. The number of hydrogen-bond donors (Lipinski definition) is 2. The summed E-state index contributed by atoms with van der Waals surface area (Å²) in [4.78, 5) is 32.4. The number of nitrogens with zero attached hydrogens (tertiary/aromatic N) is 1. The Morgan fingerprint density at radius 3 is 2.63 bits per heavy atom. The van der Waals surface area contributed by atoms with E-state index >= 15 is 0 Å². The fourth-order valence-electron chi connectivity index (χ4n) is 1.32. The zero-order chi connectivity index (χ0) is 14.4. The van der Waals surface area contributed by atoms with E-state index in [-0.39, 0.29) is 11.4 Å². The van der Waals surface area contributed by atoms with Crippen LogP contribution in [-0.4, -0.2) is 33.7 Å². The van der Waals surface area contributed by atoms with Crippen molar-refractivity contribution in [2.75, 3.05) is 5.75 Å². The van der Waals surface area contributed by atoms with Crippen LogP contribution < -0.4 is 5.32 Å². The lowest BCUT2D eigenvalue weighted by Gasteiger charge is -2.12. The minimum atomic E-state index is -1.18. The van der Waals surface area contributed by atoms with Crippen LogP contribution in [0.5, 0.6) is 0 Å². The predicted molar refractivity (Wildman–Crippen MR) is 69.1 cm³/mol. The number of benzene rings is 1. The third kappa shape index (κ3) is 4.59. The number of para-hydroxylation sites is 1. The monoisotopic (exact) mass is 284 g/mol. The average molecular weight is 284 g/mol. The largest absolute Gasteiger partial charge is 0.480 e. The van der Waals surface area contributed by atoms with Crippen LogP contribution in [0.3, 0.4) is 0 Å². The maximum Gasteiger partial charge on any atom is 0.327 e. The smallest absolute Gasteiger partial charge is 0.327 e. The van der Waals surface area contributed by atoms with Crippen molar-refractivity contribution in [3.63, 3.8) is 0 Å². The standard InChI is InChI=1S/C11H12N2O5S/c1-7(14)12-8(11(15)16)6-19-10-5-3-2-4-9(10)13(17)18/h2-5,8H,6H2,1H3,(H,12,14)(H,15,16)/t8-/m1/s1. The quantitative estimate of drug-likeness (QED) is 0.462. The first kappa shape index (κ1) is 15.0. The summed E-state index contributed by atoms with van der Waals surface area (Å²) >= 11 is 1.02. The van der Waals surface area contributed by atoms with Gasteiger partial charge in [0.25, 0.3) is 5.69 Å². The molecule has 0 spiro atoms. The number of carbonyl (C=O) groups excluding carboxylic acids is 1. The second-order valence-electron chi connectivity index (χ2n) is 3.63. The molecule has 0 unspecified atom stereocenters. The summed E-state index contributed by atoms with van der Waals surface area (Å²) in [7, 11) is 0. The van der Waals surface area contributed by atoms with E-state index in [1.54, 1.807) is 6.07 Å². The van der Waals surface area contributed by atoms with Crippen molar-refractivity contribution in [2.45, 2.75) is 17.9 Å². The first-order valence-corrected chi connectivity index (χ1v) is 6.26. The molecule has 1 rings (SSSR count). The summed E-state index contributed by atoms with van der Waals surface area (Å²) in [5.41, 5.74) is -0.0838. The maximum absolute atomic E-state index is 10.9. The van der Waals surface area contributed by atoms with Gasteiger partial charge in [-0.1, -0.05) is 12.1 Å². The number of aliphatic carboxylic acids is 1. The number of nitro benzene ring substituents is 1. The lowest BCUT2D eigenvalue weighted by molar-refractivity contribution is -0.387. The molecule has 1 aromatic carbocycles. The van der Waals surface area contributed by atoms with Crippen LogP contribution >= 0.6 is 11.8 Å². The molecule has 0 heterocycles. The Balaban J connectivity index is 2.77. The Bertz CT molecular complexity index is 506. The van der Waals surface area contributed by atoms with E-state index in [0.717, 1.165) is 11.8 Å². The van der Waals surface area contributed by atoms with Gasteiger partial charge in [0, 0.05) is 18.7 Å². The molecule has 0 saturated carbocycles. The van der Waals surface area contributed by atoms with E-state index in [1.165, 1.54) is 25.1 Å². The summed E-state index contributed by atoms with van der Waals surface area (Å²) in [6.45, 7) is 1.21. The molecule has 102 valence electrons. The number of hydrogen-bond acceptors (Lipinski definition) is 5. The van der Waals surface area contributed by atoms with Crippen molar-refractivity contribution in [2.24, 2.45) is 0 Å². The van der Waals surface area contributed by atoms with E-state index in [2.05, 4.69) is 5.32 Å². The molecule has 8 heteroatoms.